The van der Waals surface area contributed by atoms with Gasteiger partial charge in [0, 0.05) is 18.4 Å². The molecule has 1 aromatic carbocycles. The molecule has 0 unspecified atom stereocenters. The molecule has 0 fully saturated rings. The number of ketones is 1. The lowest BCUT2D eigenvalue weighted by molar-refractivity contribution is -0.117. The molecule has 104 valence electrons. The lowest BCUT2D eigenvalue weighted by Crippen LogP contribution is -2.18. The Morgan fingerprint density at radius 3 is 2.58 bits per heavy atom. The van der Waals surface area contributed by atoms with E-state index in [1.807, 2.05) is 24.3 Å². The SMILES string of the molecule is CNC(=O)c1ccccc1SCCCCCC(C)=O. The van der Waals surface area contributed by atoms with E-state index in [-0.39, 0.29) is 11.7 Å². The molecule has 0 saturated heterocycles. The summed E-state index contributed by atoms with van der Waals surface area (Å²) in [6.07, 6.45) is 3.78. The number of hydrogen-bond donors (Lipinski definition) is 1. The first-order valence-electron chi connectivity index (χ1n) is 6.58. The van der Waals surface area contributed by atoms with Crippen molar-refractivity contribution >= 4 is 23.5 Å². The molecule has 1 N–H and O–H groups in total. The van der Waals surface area contributed by atoms with Crippen LogP contribution in [-0.4, -0.2) is 24.5 Å². The third-order valence-electron chi connectivity index (χ3n) is 2.79. The Balaban J connectivity index is 2.37. The summed E-state index contributed by atoms with van der Waals surface area (Å²) < 4.78 is 0. The summed E-state index contributed by atoms with van der Waals surface area (Å²) in [4.78, 5) is 23.5. The van der Waals surface area contributed by atoms with E-state index in [2.05, 4.69) is 5.32 Å². The molecule has 1 amide bonds. The number of hydrogen-bond acceptors (Lipinski definition) is 3. The van der Waals surface area contributed by atoms with Crippen LogP contribution < -0.4 is 5.32 Å². The van der Waals surface area contributed by atoms with Crippen molar-refractivity contribution < 1.29 is 9.59 Å². The quantitative estimate of drug-likeness (QED) is 0.586. The fraction of sp³-hybridized carbons (Fsp3) is 0.467. The first-order chi connectivity index (χ1) is 9.15. The number of unbranched alkanes of at least 4 members (excludes halogenated alkanes) is 2. The van der Waals surface area contributed by atoms with Crippen molar-refractivity contribution in [2.24, 2.45) is 0 Å². The van der Waals surface area contributed by atoms with Crippen molar-refractivity contribution in [1.82, 2.24) is 5.32 Å². The molecular formula is C15H21NO2S. The van der Waals surface area contributed by atoms with E-state index in [0.717, 1.165) is 35.5 Å². The Labute approximate surface area is 119 Å². The van der Waals surface area contributed by atoms with Gasteiger partial charge >= 0.3 is 0 Å². The van der Waals surface area contributed by atoms with Gasteiger partial charge in [-0.3, -0.25) is 4.79 Å². The van der Waals surface area contributed by atoms with E-state index in [9.17, 15) is 9.59 Å². The van der Waals surface area contributed by atoms with Crippen molar-refractivity contribution in [2.45, 2.75) is 37.5 Å². The number of amides is 1. The smallest absolute Gasteiger partial charge is 0.252 e. The van der Waals surface area contributed by atoms with E-state index in [4.69, 9.17) is 0 Å². The van der Waals surface area contributed by atoms with Crippen molar-refractivity contribution in [2.75, 3.05) is 12.8 Å². The molecule has 0 aliphatic rings. The minimum atomic E-state index is -0.0420. The van der Waals surface area contributed by atoms with E-state index < -0.39 is 0 Å². The lowest BCUT2D eigenvalue weighted by Gasteiger charge is -2.07. The molecule has 1 rings (SSSR count). The van der Waals surface area contributed by atoms with Crippen molar-refractivity contribution in [3.63, 3.8) is 0 Å². The fourth-order valence-corrected chi connectivity index (χ4v) is 2.81. The van der Waals surface area contributed by atoms with Gasteiger partial charge in [-0.1, -0.05) is 18.6 Å². The molecule has 0 aromatic heterocycles. The topological polar surface area (TPSA) is 46.2 Å². The van der Waals surface area contributed by atoms with Gasteiger partial charge in [-0.2, -0.15) is 0 Å². The van der Waals surface area contributed by atoms with Gasteiger partial charge in [0.1, 0.15) is 5.78 Å². The second kappa shape index (κ2) is 8.75. The van der Waals surface area contributed by atoms with Gasteiger partial charge in [-0.25, -0.2) is 0 Å². The number of nitrogens with one attached hydrogen (secondary N) is 1. The summed E-state index contributed by atoms with van der Waals surface area (Å²) >= 11 is 1.70. The molecule has 1 aromatic rings. The van der Waals surface area contributed by atoms with Crippen LogP contribution in [0.1, 0.15) is 43.0 Å². The molecule has 0 bridgehead atoms. The minimum absolute atomic E-state index is 0.0420. The average Bonchev–Trinajstić information content (AvgIpc) is 2.42. The van der Waals surface area contributed by atoms with Crippen LogP contribution >= 0.6 is 11.8 Å². The Morgan fingerprint density at radius 2 is 1.89 bits per heavy atom. The molecule has 0 saturated carbocycles. The van der Waals surface area contributed by atoms with Gasteiger partial charge in [-0.05, 0) is 37.7 Å². The van der Waals surface area contributed by atoms with Crippen LogP contribution in [0.15, 0.2) is 29.2 Å². The number of Topliss-reactive ketones (excluding diaryl/α,β-unsaturated/α-hetero) is 1. The highest BCUT2D eigenvalue weighted by molar-refractivity contribution is 7.99. The fourth-order valence-electron chi connectivity index (χ4n) is 1.75. The van der Waals surface area contributed by atoms with Crippen LogP contribution in [0.4, 0.5) is 0 Å². The molecule has 0 radical (unpaired) electrons. The molecule has 19 heavy (non-hydrogen) atoms. The van der Waals surface area contributed by atoms with Crippen LogP contribution in [0, 0.1) is 0 Å². The molecule has 0 atom stereocenters. The summed E-state index contributed by atoms with van der Waals surface area (Å²) in [5.41, 5.74) is 0.735. The number of carbonyl (C=O) groups excluding carboxylic acids is 2. The maximum Gasteiger partial charge on any atom is 0.252 e. The van der Waals surface area contributed by atoms with Crippen LogP contribution in [0.3, 0.4) is 0 Å². The maximum absolute atomic E-state index is 11.7. The Bertz CT molecular complexity index is 432. The normalized spacial score (nSPS) is 10.2. The van der Waals surface area contributed by atoms with Crippen molar-refractivity contribution in [1.29, 1.82) is 0 Å². The van der Waals surface area contributed by atoms with Gasteiger partial charge in [0.2, 0.25) is 0 Å². The van der Waals surface area contributed by atoms with Crippen LogP contribution in [0.25, 0.3) is 0 Å². The lowest BCUT2D eigenvalue weighted by atomic mass is 10.2. The summed E-state index contributed by atoms with van der Waals surface area (Å²) in [6.45, 7) is 1.63. The highest BCUT2D eigenvalue weighted by atomic mass is 32.2. The molecule has 3 nitrogen and oxygen atoms in total. The second-order valence-electron chi connectivity index (χ2n) is 4.44. The first kappa shape index (κ1) is 15.8. The summed E-state index contributed by atoms with van der Waals surface area (Å²) in [6, 6.07) is 7.65. The van der Waals surface area contributed by atoms with Gasteiger partial charge in [0.05, 0.1) is 5.56 Å². The molecule has 0 spiro atoms. The largest absolute Gasteiger partial charge is 0.355 e. The van der Waals surface area contributed by atoms with Crippen LogP contribution in [0.2, 0.25) is 0 Å². The van der Waals surface area contributed by atoms with Crippen LogP contribution in [-0.2, 0) is 4.79 Å². The predicted molar refractivity (Wildman–Crippen MR) is 79.7 cm³/mol. The summed E-state index contributed by atoms with van der Waals surface area (Å²) in [7, 11) is 1.64. The third kappa shape index (κ3) is 5.92. The third-order valence-corrected chi connectivity index (χ3v) is 3.95. The van der Waals surface area contributed by atoms with Crippen molar-refractivity contribution in [3.05, 3.63) is 29.8 Å². The van der Waals surface area contributed by atoms with Crippen molar-refractivity contribution in [3.8, 4) is 0 Å². The van der Waals surface area contributed by atoms with E-state index in [1.165, 1.54) is 0 Å². The van der Waals surface area contributed by atoms with Gasteiger partial charge < -0.3 is 10.1 Å². The van der Waals surface area contributed by atoms with E-state index >= 15 is 0 Å². The summed E-state index contributed by atoms with van der Waals surface area (Å²) in [5.74, 6) is 1.20. The van der Waals surface area contributed by atoms with E-state index in [1.54, 1.807) is 25.7 Å². The molecule has 4 heteroatoms. The number of benzene rings is 1. The number of rotatable bonds is 8. The second-order valence-corrected chi connectivity index (χ2v) is 5.57. The molecule has 0 aliphatic carbocycles. The maximum atomic E-state index is 11.7. The zero-order valence-electron chi connectivity index (χ0n) is 11.6. The van der Waals surface area contributed by atoms with E-state index in [0.29, 0.717) is 6.42 Å². The molecule has 0 aliphatic heterocycles. The Morgan fingerprint density at radius 1 is 1.16 bits per heavy atom. The zero-order chi connectivity index (χ0) is 14.1. The van der Waals surface area contributed by atoms with Gasteiger partial charge in [0.25, 0.3) is 5.91 Å². The molecular weight excluding hydrogens is 258 g/mol. The Hall–Kier alpha value is -1.29. The highest BCUT2D eigenvalue weighted by Crippen LogP contribution is 2.24. The van der Waals surface area contributed by atoms with Gasteiger partial charge in [-0.15, -0.1) is 11.8 Å². The van der Waals surface area contributed by atoms with Crippen LogP contribution in [0.5, 0.6) is 0 Å². The number of thioether (sulfide) groups is 1. The predicted octanol–water partition coefficient (Wildman–Crippen LogP) is 3.29. The highest BCUT2D eigenvalue weighted by Gasteiger charge is 2.08. The first-order valence-corrected chi connectivity index (χ1v) is 7.57. The zero-order valence-corrected chi connectivity index (χ0v) is 12.4. The monoisotopic (exact) mass is 279 g/mol. The standard InChI is InChI=1S/C15H21NO2S/c1-12(17)8-4-3-7-11-19-14-10-6-5-9-13(14)15(18)16-2/h5-6,9-10H,3-4,7-8,11H2,1-2H3,(H,16,18). The minimum Gasteiger partial charge on any atom is -0.355 e. The van der Waals surface area contributed by atoms with Gasteiger partial charge in [0.15, 0.2) is 0 Å². The molecule has 0 heterocycles. The Kier molecular flexibility index (Phi) is 7.26. The average molecular weight is 279 g/mol. The summed E-state index contributed by atoms with van der Waals surface area (Å²) in [5, 5.41) is 2.66. The number of carbonyl (C=O) groups is 2.